The van der Waals surface area contributed by atoms with Crippen molar-refractivity contribution < 1.29 is 4.74 Å². The second kappa shape index (κ2) is 13.8. The average molecular weight is 436 g/mol. The molecule has 0 amide bonds. The van der Waals surface area contributed by atoms with E-state index < -0.39 is 0 Å². The molecule has 0 radical (unpaired) electrons. The highest BCUT2D eigenvalue weighted by Gasteiger charge is 2.12. The smallest absolute Gasteiger partial charge is 0.144 e. The number of unbranched alkanes of at least 4 members (excludes halogenated alkanes) is 9. The Hall–Kier alpha value is -2.49. The Kier molecular flexibility index (Phi) is 10.4. The fraction of sp³-hybridized carbons (Fsp3) is 0.536. The Bertz CT molecular complexity index is 871. The molecule has 0 spiro atoms. The lowest BCUT2D eigenvalue weighted by atomic mass is 10.0. The van der Waals surface area contributed by atoms with Crippen molar-refractivity contribution in [2.24, 2.45) is 4.99 Å². The van der Waals surface area contributed by atoms with Crippen LogP contribution in [0.25, 0.3) is 17.5 Å². The molecule has 4 heteroatoms. The van der Waals surface area contributed by atoms with Gasteiger partial charge in [0.1, 0.15) is 5.75 Å². The predicted molar refractivity (Wildman–Crippen MR) is 137 cm³/mol. The zero-order valence-electron chi connectivity index (χ0n) is 20.1. The summed E-state index contributed by atoms with van der Waals surface area (Å²) in [6, 6.07) is 6.14. The third-order valence-corrected chi connectivity index (χ3v) is 5.96. The zero-order valence-corrected chi connectivity index (χ0v) is 20.1. The first-order valence-electron chi connectivity index (χ1n) is 12.8. The van der Waals surface area contributed by atoms with Gasteiger partial charge in [-0.25, -0.2) is 0 Å². The molecule has 0 aromatic carbocycles. The van der Waals surface area contributed by atoms with Gasteiger partial charge in [0, 0.05) is 18.0 Å². The lowest BCUT2D eigenvalue weighted by Gasteiger charge is -2.03. The van der Waals surface area contributed by atoms with Crippen molar-refractivity contribution in [3.05, 3.63) is 47.9 Å². The normalized spacial score (nSPS) is 14.4. The molecule has 32 heavy (non-hydrogen) atoms. The zero-order chi connectivity index (χ0) is 22.4. The molecule has 0 saturated heterocycles. The molecule has 174 valence electrons. The van der Waals surface area contributed by atoms with Gasteiger partial charge in [0.15, 0.2) is 0 Å². The van der Waals surface area contributed by atoms with Gasteiger partial charge in [-0.05, 0) is 49.6 Å². The van der Waals surface area contributed by atoms with Crippen LogP contribution in [0.15, 0.2) is 47.2 Å². The van der Waals surface area contributed by atoms with E-state index in [9.17, 15) is 0 Å². The van der Waals surface area contributed by atoms with E-state index in [-0.39, 0.29) is 0 Å². The molecule has 0 saturated carbocycles. The second-order valence-electron chi connectivity index (χ2n) is 8.83. The van der Waals surface area contributed by atoms with Crippen molar-refractivity contribution in [3.8, 4) is 17.1 Å². The number of allylic oxidation sites excluding steroid dienone is 2. The maximum atomic E-state index is 5.98. The van der Waals surface area contributed by atoms with E-state index >= 15 is 0 Å². The largest absolute Gasteiger partial charge is 0.491 e. The number of hydrogen-bond donors (Lipinski definition) is 2. The third-order valence-electron chi connectivity index (χ3n) is 5.96. The van der Waals surface area contributed by atoms with Crippen molar-refractivity contribution >= 4 is 11.8 Å². The lowest BCUT2D eigenvalue weighted by Crippen LogP contribution is -1.95. The van der Waals surface area contributed by atoms with Crippen LogP contribution in [0.1, 0.15) is 96.6 Å². The Morgan fingerprint density at radius 2 is 1.62 bits per heavy atom. The Labute approximate surface area is 194 Å². The first-order chi connectivity index (χ1) is 15.8. The quantitative estimate of drug-likeness (QED) is 0.255. The third kappa shape index (κ3) is 7.89. The maximum Gasteiger partial charge on any atom is 0.144 e. The van der Waals surface area contributed by atoms with Crippen molar-refractivity contribution in [3.63, 3.8) is 0 Å². The van der Waals surface area contributed by atoms with Gasteiger partial charge in [0.2, 0.25) is 0 Å². The average Bonchev–Trinajstić information content (AvgIpc) is 3.55. The summed E-state index contributed by atoms with van der Waals surface area (Å²) in [5, 5.41) is 0. The van der Waals surface area contributed by atoms with E-state index in [1.165, 1.54) is 69.9 Å². The van der Waals surface area contributed by atoms with Crippen LogP contribution in [0.2, 0.25) is 0 Å². The Balaban J connectivity index is 1.45. The van der Waals surface area contributed by atoms with Gasteiger partial charge in [-0.15, -0.1) is 0 Å². The van der Waals surface area contributed by atoms with Gasteiger partial charge in [-0.3, -0.25) is 4.99 Å². The fourth-order valence-electron chi connectivity index (χ4n) is 4.12. The Morgan fingerprint density at radius 3 is 2.31 bits per heavy atom. The molecule has 1 aliphatic heterocycles. The molecule has 0 aliphatic carbocycles. The number of ether oxygens (including phenoxy) is 1. The molecule has 3 heterocycles. The van der Waals surface area contributed by atoms with Gasteiger partial charge >= 0.3 is 0 Å². The maximum absolute atomic E-state index is 5.98. The highest BCUT2D eigenvalue weighted by molar-refractivity contribution is 5.99. The van der Waals surface area contributed by atoms with Crippen molar-refractivity contribution in [1.82, 2.24) is 9.97 Å². The Morgan fingerprint density at radius 1 is 0.875 bits per heavy atom. The molecule has 4 nitrogen and oxygen atoms in total. The molecule has 0 fully saturated rings. The number of H-pyrrole nitrogens is 2. The predicted octanol–water partition coefficient (Wildman–Crippen LogP) is 8.46. The summed E-state index contributed by atoms with van der Waals surface area (Å²) in [6.07, 6.45) is 24.0. The summed E-state index contributed by atoms with van der Waals surface area (Å²) in [5.41, 5.74) is 5.26. The van der Waals surface area contributed by atoms with Crippen molar-refractivity contribution in [2.45, 2.75) is 90.9 Å². The molecule has 2 aromatic rings. The summed E-state index contributed by atoms with van der Waals surface area (Å²) in [4.78, 5) is 11.6. The summed E-state index contributed by atoms with van der Waals surface area (Å²) in [5.74, 6) is 0.885. The molecule has 2 aromatic heterocycles. The van der Waals surface area contributed by atoms with Gasteiger partial charge in [-0.2, -0.15) is 0 Å². The molecule has 2 N–H and O–H groups in total. The van der Waals surface area contributed by atoms with E-state index in [2.05, 4.69) is 54.2 Å². The van der Waals surface area contributed by atoms with Crippen LogP contribution >= 0.6 is 0 Å². The molecule has 3 rings (SSSR count). The van der Waals surface area contributed by atoms with Crippen molar-refractivity contribution in [1.29, 1.82) is 0 Å². The number of nitrogens with zero attached hydrogens (tertiary/aromatic N) is 1. The summed E-state index contributed by atoms with van der Waals surface area (Å²) in [6.45, 7) is 5.12. The number of nitrogens with one attached hydrogen (secondary N) is 2. The monoisotopic (exact) mass is 435 g/mol. The molecular formula is C28H41N3O. The minimum atomic E-state index is 0.710. The van der Waals surface area contributed by atoms with E-state index in [0.29, 0.717) is 6.61 Å². The first kappa shape index (κ1) is 24.2. The SMILES string of the molecule is CCCCCCCCCCCCC1=N/C(=C/c2[nH]c(-c3ccc[nH]3)cc2OCCC)C=C1. The van der Waals surface area contributed by atoms with Gasteiger partial charge in [-0.1, -0.05) is 71.6 Å². The van der Waals surface area contributed by atoms with Gasteiger partial charge in [0.25, 0.3) is 0 Å². The molecule has 1 aliphatic rings. The number of hydrogen-bond acceptors (Lipinski definition) is 2. The molecule has 0 atom stereocenters. The summed E-state index contributed by atoms with van der Waals surface area (Å²) in [7, 11) is 0. The summed E-state index contributed by atoms with van der Waals surface area (Å²) < 4.78 is 5.98. The van der Waals surface area contributed by atoms with Crippen molar-refractivity contribution in [2.75, 3.05) is 6.61 Å². The number of aromatic amines is 2. The minimum absolute atomic E-state index is 0.710. The van der Waals surface area contributed by atoms with E-state index in [0.717, 1.165) is 41.4 Å². The van der Waals surface area contributed by atoms with Crippen LogP contribution in [0.5, 0.6) is 5.75 Å². The van der Waals surface area contributed by atoms with Crippen LogP contribution in [0.4, 0.5) is 0 Å². The molecule has 0 bridgehead atoms. The second-order valence-corrected chi connectivity index (χ2v) is 8.83. The van der Waals surface area contributed by atoms with Gasteiger partial charge in [0.05, 0.1) is 29.4 Å². The van der Waals surface area contributed by atoms with E-state index in [1.54, 1.807) is 0 Å². The van der Waals surface area contributed by atoms with Crippen LogP contribution in [-0.4, -0.2) is 22.3 Å². The topological polar surface area (TPSA) is 53.2 Å². The number of aliphatic imine (C=N–C) groups is 1. The van der Waals surface area contributed by atoms with Crippen LogP contribution in [-0.2, 0) is 0 Å². The number of rotatable bonds is 16. The van der Waals surface area contributed by atoms with Crippen LogP contribution in [0.3, 0.4) is 0 Å². The molecule has 0 unspecified atom stereocenters. The minimum Gasteiger partial charge on any atom is -0.491 e. The highest BCUT2D eigenvalue weighted by atomic mass is 16.5. The van der Waals surface area contributed by atoms with Gasteiger partial charge < -0.3 is 14.7 Å². The first-order valence-corrected chi connectivity index (χ1v) is 12.8. The fourth-order valence-corrected chi connectivity index (χ4v) is 4.12. The lowest BCUT2D eigenvalue weighted by molar-refractivity contribution is 0.317. The standard InChI is InChI=1S/C28H41N3O/c1-3-5-6-7-8-9-10-11-12-13-15-23-17-18-24(30-23)21-27-28(32-20-4-2)22-26(31-27)25-16-14-19-29-25/h14,16-19,21-22,29,31H,3-13,15,20H2,1-2H3/b24-21+. The number of aromatic nitrogens is 2. The summed E-state index contributed by atoms with van der Waals surface area (Å²) >= 11 is 0. The van der Waals surface area contributed by atoms with E-state index in [4.69, 9.17) is 9.73 Å². The highest BCUT2D eigenvalue weighted by Crippen LogP contribution is 2.29. The molecular weight excluding hydrogens is 394 g/mol. The van der Waals surface area contributed by atoms with Crippen LogP contribution in [0, 0.1) is 0 Å². The van der Waals surface area contributed by atoms with E-state index in [1.807, 2.05) is 12.3 Å². The van der Waals surface area contributed by atoms with Crippen LogP contribution < -0.4 is 4.74 Å².